The van der Waals surface area contributed by atoms with Gasteiger partial charge in [-0.25, -0.2) is 4.79 Å². The number of nitrogens with one attached hydrogen (secondary N) is 1. The summed E-state index contributed by atoms with van der Waals surface area (Å²) in [6.45, 7) is 0.931. The summed E-state index contributed by atoms with van der Waals surface area (Å²) in [7, 11) is 1.72. The summed E-state index contributed by atoms with van der Waals surface area (Å²) in [5, 5.41) is 12.4. The number of urea groups is 1. The molecule has 0 spiro atoms. The normalized spacial score (nSPS) is 10.3. The maximum atomic E-state index is 12.2. The molecule has 2 aromatic rings. The van der Waals surface area contributed by atoms with Gasteiger partial charge < -0.3 is 20.1 Å². The lowest BCUT2D eigenvalue weighted by Crippen LogP contribution is -2.36. The Morgan fingerprint density at radius 1 is 1.17 bits per heavy atom. The van der Waals surface area contributed by atoms with Crippen LogP contribution in [0, 0.1) is 0 Å². The van der Waals surface area contributed by atoms with E-state index in [4.69, 9.17) is 21.4 Å². The lowest BCUT2D eigenvalue weighted by Gasteiger charge is -2.19. The lowest BCUT2D eigenvalue weighted by molar-refractivity contribution is 0.198. The highest BCUT2D eigenvalue weighted by atomic mass is 35.5. The molecule has 24 heavy (non-hydrogen) atoms. The third-order valence-electron chi connectivity index (χ3n) is 3.46. The second kappa shape index (κ2) is 9.15. The Morgan fingerprint density at radius 2 is 1.83 bits per heavy atom. The van der Waals surface area contributed by atoms with Crippen molar-refractivity contribution in [1.29, 1.82) is 0 Å². The molecule has 0 bridgehead atoms. The fourth-order valence-corrected chi connectivity index (χ4v) is 2.40. The van der Waals surface area contributed by atoms with E-state index in [0.29, 0.717) is 23.9 Å². The van der Waals surface area contributed by atoms with Gasteiger partial charge in [0.25, 0.3) is 0 Å². The van der Waals surface area contributed by atoms with Crippen LogP contribution < -0.4 is 10.1 Å². The average Bonchev–Trinajstić information content (AvgIpc) is 2.60. The Bertz CT molecular complexity index is 679. The highest BCUT2D eigenvalue weighted by molar-refractivity contribution is 6.31. The van der Waals surface area contributed by atoms with Crippen LogP contribution >= 0.6 is 11.6 Å². The van der Waals surface area contributed by atoms with Gasteiger partial charge >= 0.3 is 6.03 Å². The fourth-order valence-electron chi connectivity index (χ4n) is 2.21. The van der Waals surface area contributed by atoms with Crippen LogP contribution in [0.2, 0.25) is 5.02 Å². The van der Waals surface area contributed by atoms with Crippen LogP contribution in [-0.2, 0) is 13.1 Å². The predicted octanol–water partition coefficient (Wildman–Crippen LogP) is 3.05. The number of benzene rings is 2. The van der Waals surface area contributed by atoms with Crippen molar-refractivity contribution in [2.75, 3.05) is 20.3 Å². The van der Waals surface area contributed by atoms with E-state index in [2.05, 4.69) is 5.32 Å². The smallest absolute Gasteiger partial charge is 0.317 e. The van der Waals surface area contributed by atoms with Crippen molar-refractivity contribution >= 4 is 17.6 Å². The molecule has 2 N–H and O–H groups in total. The molecular weight excluding hydrogens is 328 g/mol. The van der Waals surface area contributed by atoms with Gasteiger partial charge in [-0.3, -0.25) is 0 Å². The largest absolute Gasteiger partial charge is 0.491 e. The van der Waals surface area contributed by atoms with E-state index in [-0.39, 0.29) is 19.2 Å². The number of carbonyl (C=O) groups is 1. The first-order valence-electron chi connectivity index (χ1n) is 7.65. The molecule has 0 fully saturated rings. The quantitative estimate of drug-likeness (QED) is 0.808. The van der Waals surface area contributed by atoms with Crippen LogP contribution in [0.3, 0.4) is 0 Å². The monoisotopic (exact) mass is 348 g/mol. The number of halogens is 1. The topological polar surface area (TPSA) is 61.8 Å². The molecule has 0 unspecified atom stereocenters. The number of carbonyl (C=O) groups excluding carboxylic acids is 1. The van der Waals surface area contributed by atoms with Crippen molar-refractivity contribution in [1.82, 2.24) is 10.2 Å². The number of aliphatic hydroxyl groups is 1. The summed E-state index contributed by atoms with van der Waals surface area (Å²) < 4.78 is 5.46. The summed E-state index contributed by atoms with van der Waals surface area (Å²) in [6, 6.07) is 14.7. The zero-order chi connectivity index (χ0) is 17.4. The number of hydrogen-bond donors (Lipinski definition) is 2. The number of aliphatic hydroxyl groups excluding tert-OH is 1. The zero-order valence-corrected chi connectivity index (χ0v) is 14.3. The number of ether oxygens (including phenoxy) is 1. The number of rotatable bonds is 7. The zero-order valence-electron chi connectivity index (χ0n) is 13.5. The van der Waals surface area contributed by atoms with Gasteiger partial charge in [-0.2, -0.15) is 0 Å². The van der Waals surface area contributed by atoms with Crippen molar-refractivity contribution in [2.45, 2.75) is 13.1 Å². The maximum absolute atomic E-state index is 12.2. The Morgan fingerprint density at radius 3 is 2.54 bits per heavy atom. The van der Waals surface area contributed by atoms with Crippen LogP contribution in [0.1, 0.15) is 11.1 Å². The standard InChI is InChI=1S/C18H21ClN2O3/c1-21(13-15-7-2-4-8-16(15)19)18(23)20-12-14-6-3-5-9-17(14)24-11-10-22/h2-9,22H,10-13H2,1H3,(H,20,23). The number of hydrogen-bond acceptors (Lipinski definition) is 3. The second-order valence-electron chi connectivity index (χ2n) is 5.29. The number of amides is 2. The molecule has 0 radical (unpaired) electrons. The van der Waals surface area contributed by atoms with Crippen molar-refractivity contribution in [3.05, 3.63) is 64.7 Å². The Labute approximate surface area is 146 Å². The molecule has 0 aliphatic rings. The minimum atomic E-state index is -0.202. The highest BCUT2D eigenvalue weighted by Crippen LogP contribution is 2.18. The molecule has 0 atom stereocenters. The first kappa shape index (κ1) is 18.1. The van der Waals surface area contributed by atoms with Gasteiger partial charge in [0.15, 0.2) is 0 Å². The summed E-state index contributed by atoms with van der Waals surface area (Å²) in [4.78, 5) is 13.8. The van der Waals surface area contributed by atoms with Crippen LogP contribution in [0.4, 0.5) is 4.79 Å². The minimum Gasteiger partial charge on any atom is -0.491 e. The van der Waals surface area contributed by atoms with Crippen molar-refractivity contribution in [2.24, 2.45) is 0 Å². The summed E-state index contributed by atoms with van der Waals surface area (Å²) in [5.74, 6) is 0.653. The van der Waals surface area contributed by atoms with E-state index >= 15 is 0 Å². The van der Waals surface area contributed by atoms with E-state index in [1.807, 2.05) is 42.5 Å². The first-order valence-corrected chi connectivity index (χ1v) is 8.03. The van der Waals surface area contributed by atoms with E-state index in [1.165, 1.54) is 0 Å². The van der Waals surface area contributed by atoms with Crippen molar-refractivity contribution in [3.63, 3.8) is 0 Å². The first-order chi connectivity index (χ1) is 11.6. The molecule has 0 aliphatic carbocycles. The molecule has 0 aliphatic heterocycles. The van der Waals surface area contributed by atoms with Gasteiger partial charge in [0.2, 0.25) is 0 Å². The van der Waals surface area contributed by atoms with Crippen molar-refractivity contribution in [3.8, 4) is 5.75 Å². The molecule has 0 heterocycles. The molecule has 0 saturated carbocycles. The molecule has 0 saturated heterocycles. The van der Waals surface area contributed by atoms with E-state index in [1.54, 1.807) is 18.0 Å². The van der Waals surface area contributed by atoms with Gasteiger partial charge in [0, 0.05) is 30.7 Å². The minimum absolute atomic E-state index is 0.0543. The van der Waals surface area contributed by atoms with Crippen LogP contribution in [0.15, 0.2) is 48.5 Å². The highest BCUT2D eigenvalue weighted by Gasteiger charge is 2.11. The Kier molecular flexibility index (Phi) is 6.90. The lowest BCUT2D eigenvalue weighted by atomic mass is 10.2. The van der Waals surface area contributed by atoms with Crippen LogP contribution in [-0.4, -0.2) is 36.3 Å². The van der Waals surface area contributed by atoms with Crippen molar-refractivity contribution < 1.29 is 14.6 Å². The molecule has 2 rings (SSSR count). The van der Waals surface area contributed by atoms with Gasteiger partial charge in [-0.15, -0.1) is 0 Å². The van der Waals surface area contributed by atoms with Crippen LogP contribution in [0.25, 0.3) is 0 Å². The van der Waals surface area contributed by atoms with Gasteiger partial charge in [-0.05, 0) is 17.7 Å². The Hall–Kier alpha value is -2.24. The van der Waals surface area contributed by atoms with Gasteiger partial charge in [-0.1, -0.05) is 48.0 Å². The average molecular weight is 349 g/mol. The van der Waals surface area contributed by atoms with Gasteiger partial charge in [0.1, 0.15) is 12.4 Å². The third-order valence-corrected chi connectivity index (χ3v) is 3.83. The second-order valence-corrected chi connectivity index (χ2v) is 5.69. The SMILES string of the molecule is CN(Cc1ccccc1Cl)C(=O)NCc1ccccc1OCCO. The predicted molar refractivity (Wildman–Crippen MR) is 94.2 cm³/mol. The summed E-state index contributed by atoms with van der Waals surface area (Å²) >= 11 is 6.12. The number of para-hydroxylation sites is 1. The molecule has 2 aromatic carbocycles. The molecule has 128 valence electrons. The Balaban J connectivity index is 1.92. The maximum Gasteiger partial charge on any atom is 0.317 e. The summed E-state index contributed by atoms with van der Waals surface area (Å²) in [6.07, 6.45) is 0. The van der Waals surface area contributed by atoms with Crippen LogP contribution in [0.5, 0.6) is 5.75 Å². The molecular formula is C18H21ClN2O3. The summed E-state index contributed by atoms with van der Waals surface area (Å²) in [5.41, 5.74) is 1.74. The molecule has 5 nitrogen and oxygen atoms in total. The van der Waals surface area contributed by atoms with E-state index in [9.17, 15) is 4.79 Å². The fraction of sp³-hybridized carbons (Fsp3) is 0.278. The molecule has 2 amide bonds. The molecule has 6 heteroatoms. The van der Waals surface area contributed by atoms with E-state index in [0.717, 1.165) is 11.1 Å². The third kappa shape index (κ3) is 5.15. The number of nitrogens with zero attached hydrogens (tertiary/aromatic N) is 1. The van der Waals surface area contributed by atoms with Gasteiger partial charge in [0.05, 0.1) is 6.61 Å². The van der Waals surface area contributed by atoms with E-state index < -0.39 is 0 Å². The molecule has 0 aromatic heterocycles.